The SMILES string of the molecule is COC(=O)c1ccc(C(=O)OC)c(NC(=O)c2c(OC)cccc2OC)c1. The van der Waals surface area contributed by atoms with Crippen molar-refractivity contribution < 1.29 is 33.3 Å². The van der Waals surface area contributed by atoms with Gasteiger partial charge in [-0.05, 0) is 30.3 Å². The second-order valence-corrected chi connectivity index (χ2v) is 5.24. The Morgan fingerprint density at radius 3 is 1.93 bits per heavy atom. The molecule has 1 amide bonds. The van der Waals surface area contributed by atoms with Gasteiger partial charge in [0.2, 0.25) is 0 Å². The summed E-state index contributed by atoms with van der Waals surface area (Å²) in [7, 11) is 5.28. The van der Waals surface area contributed by atoms with Crippen molar-refractivity contribution in [1.29, 1.82) is 0 Å². The van der Waals surface area contributed by atoms with Crippen LogP contribution in [0.2, 0.25) is 0 Å². The third kappa shape index (κ3) is 4.17. The number of esters is 2. The van der Waals surface area contributed by atoms with Crippen LogP contribution in [0.25, 0.3) is 0 Å². The fourth-order valence-corrected chi connectivity index (χ4v) is 2.44. The Morgan fingerprint density at radius 1 is 0.815 bits per heavy atom. The maximum absolute atomic E-state index is 12.8. The van der Waals surface area contributed by atoms with Gasteiger partial charge in [0.05, 0.1) is 45.3 Å². The first-order valence-corrected chi connectivity index (χ1v) is 7.79. The highest BCUT2D eigenvalue weighted by atomic mass is 16.5. The molecule has 2 aromatic rings. The third-order valence-electron chi connectivity index (χ3n) is 3.75. The highest BCUT2D eigenvalue weighted by molar-refractivity contribution is 6.11. The fourth-order valence-electron chi connectivity index (χ4n) is 2.44. The molecule has 2 rings (SSSR count). The van der Waals surface area contributed by atoms with Crippen LogP contribution in [-0.4, -0.2) is 46.3 Å². The van der Waals surface area contributed by atoms with Crippen molar-refractivity contribution in [2.45, 2.75) is 0 Å². The maximum atomic E-state index is 12.8. The number of nitrogens with one attached hydrogen (secondary N) is 1. The van der Waals surface area contributed by atoms with Crippen molar-refractivity contribution >= 4 is 23.5 Å². The minimum absolute atomic E-state index is 0.0763. The molecule has 8 nitrogen and oxygen atoms in total. The lowest BCUT2D eigenvalue weighted by atomic mass is 10.1. The first kappa shape index (κ1) is 19.8. The summed E-state index contributed by atoms with van der Waals surface area (Å²) in [6.07, 6.45) is 0. The van der Waals surface area contributed by atoms with Gasteiger partial charge in [0, 0.05) is 0 Å². The monoisotopic (exact) mass is 373 g/mol. The topological polar surface area (TPSA) is 100 Å². The van der Waals surface area contributed by atoms with E-state index in [0.717, 1.165) is 0 Å². The van der Waals surface area contributed by atoms with E-state index in [4.69, 9.17) is 14.2 Å². The number of rotatable bonds is 6. The van der Waals surface area contributed by atoms with Gasteiger partial charge in [0.25, 0.3) is 5.91 Å². The van der Waals surface area contributed by atoms with Crippen molar-refractivity contribution in [3.8, 4) is 11.5 Å². The maximum Gasteiger partial charge on any atom is 0.339 e. The second-order valence-electron chi connectivity index (χ2n) is 5.24. The van der Waals surface area contributed by atoms with E-state index in [0.29, 0.717) is 0 Å². The zero-order valence-corrected chi connectivity index (χ0v) is 15.3. The highest BCUT2D eigenvalue weighted by Crippen LogP contribution is 2.30. The summed E-state index contributed by atoms with van der Waals surface area (Å²) >= 11 is 0. The number of carbonyl (C=O) groups excluding carboxylic acids is 3. The van der Waals surface area contributed by atoms with Crippen molar-refractivity contribution in [1.82, 2.24) is 0 Å². The van der Waals surface area contributed by atoms with Crippen LogP contribution in [0.5, 0.6) is 11.5 Å². The van der Waals surface area contributed by atoms with Crippen LogP contribution in [0.4, 0.5) is 5.69 Å². The normalized spacial score (nSPS) is 9.93. The molecule has 0 radical (unpaired) electrons. The van der Waals surface area contributed by atoms with Crippen LogP contribution in [-0.2, 0) is 9.47 Å². The molecule has 27 heavy (non-hydrogen) atoms. The molecule has 1 N–H and O–H groups in total. The van der Waals surface area contributed by atoms with Crippen molar-refractivity contribution in [2.75, 3.05) is 33.8 Å². The average Bonchev–Trinajstić information content (AvgIpc) is 2.71. The molecule has 0 atom stereocenters. The Balaban J connectivity index is 2.51. The van der Waals surface area contributed by atoms with E-state index in [9.17, 15) is 14.4 Å². The second kappa shape index (κ2) is 8.70. The summed E-state index contributed by atoms with van der Waals surface area (Å²) < 4.78 is 19.8. The Hall–Kier alpha value is -3.55. The van der Waals surface area contributed by atoms with Crippen LogP contribution in [0.15, 0.2) is 36.4 Å². The minimum atomic E-state index is -0.672. The van der Waals surface area contributed by atoms with Crippen molar-refractivity contribution in [2.24, 2.45) is 0 Å². The van der Waals surface area contributed by atoms with Gasteiger partial charge in [-0.3, -0.25) is 4.79 Å². The first-order chi connectivity index (χ1) is 13.0. The molecule has 0 saturated carbocycles. The third-order valence-corrected chi connectivity index (χ3v) is 3.75. The molecule has 0 fully saturated rings. The molecule has 2 aromatic carbocycles. The highest BCUT2D eigenvalue weighted by Gasteiger charge is 2.22. The van der Waals surface area contributed by atoms with Crippen LogP contribution in [0.3, 0.4) is 0 Å². The number of methoxy groups -OCH3 is 4. The summed E-state index contributed by atoms with van der Waals surface area (Å²) in [5.74, 6) is -1.30. The summed E-state index contributed by atoms with van der Waals surface area (Å²) in [6.45, 7) is 0. The van der Waals surface area contributed by atoms with E-state index in [1.807, 2.05) is 0 Å². The number of ether oxygens (including phenoxy) is 4. The van der Waals surface area contributed by atoms with Crippen molar-refractivity contribution in [3.05, 3.63) is 53.1 Å². The van der Waals surface area contributed by atoms with Gasteiger partial charge < -0.3 is 24.3 Å². The zero-order chi connectivity index (χ0) is 20.0. The van der Waals surface area contributed by atoms with E-state index >= 15 is 0 Å². The number of anilines is 1. The molecular formula is C19H19NO7. The summed E-state index contributed by atoms with van der Waals surface area (Å²) in [4.78, 5) is 36.6. The molecule has 0 unspecified atom stereocenters. The van der Waals surface area contributed by atoms with E-state index in [1.54, 1.807) is 18.2 Å². The summed E-state index contributed by atoms with van der Waals surface area (Å²) in [6, 6.07) is 8.97. The molecule has 0 heterocycles. The molecule has 142 valence electrons. The van der Waals surface area contributed by atoms with Crippen LogP contribution in [0, 0.1) is 0 Å². The average molecular weight is 373 g/mol. The lowest BCUT2D eigenvalue weighted by Gasteiger charge is -2.15. The molecule has 0 aromatic heterocycles. The van der Waals surface area contributed by atoms with Crippen molar-refractivity contribution in [3.63, 3.8) is 0 Å². The standard InChI is InChI=1S/C19H19NO7/c1-24-14-6-5-7-15(25-2)16(14)17(21)20-13-10-11(18(22)26-3)8-9-12(13)19(23)27-4/h5-10H,1-4H3,(H,20,21). The molecule has 0 aliphatic heterocycles. The van der Waals surface area contributed by atoms with Gasteiger partial charge in [0.1, 0.15) is 17.1 Å². The molecule has 0 spiro atoms. The first-order valence-electron chi connectivity index (χ1n) is 7.79. The smallest absolute Gasteiger partial charge is 0.339 e. The summed E-state index contributed by atoms with van der Waals surface area (Å²) in [5, 5.41) is 2.60. The van der Waals surface area contributed by atoms with E-state index < -0.39 is 17.8 Å². The van der Waals surface area contributed by atoms with Gasteiger partial charge in [-0.15, -0.1) is 0 Å². The Bertz CT molecular complexity index is 854. The van der Waals surface area contributed by atoms with E-state index in [-0.39, 0.29) is 33.9 Å². The molecule has 8 heteroatoms. The molecule has 0 saturated heterocycles. The predicted octanol–water partition coefficient (Wildman–Crippen LogP) is 2.53. The quantitative estimate of drug-likeness (QED) is 0.777. The molecule has 0 bridgehead atoms. The Morgan fingerprint density at radius 2 is 1.41 bits per heavy atom. The number of carbonyl (C=O) groups is 3. The number of hydrogen-bond donors (Lipinski definition) is 1. The van der Waals surface area contributed by atoms with Gasteiger partial charge in [-0.1, -0.05) is 6.07 Å². The molecular weight excluding hydrogens is 354 g/mol. The lowest BCUT2D eigenvalue weighted by Crippen LogP contribution is -2.18. The van der Waals surface area contributed by atoms with E-state index in [2.05, 4.69) is 10.1 Å². The Labute approximate surface area is 156 Å². The van der Waals surface area contributed by atoms with Gasteiger partial charge in [0.15, 0.2) is 0 Å². The summed E-state index contributed by atoms with van der Waals surface area (Å²) in [5.41, 5.74) is 0.462. The predicted molar refractivity (Wildman–Crippen MR) is 96.6 cm³/mol. The molecule has 0 aliphatic carbocycles. The van der Waals surface area contributed by atoms with Crippen LogP contribution < -0.4 is 14.8 Å². The lowest BCUT2D eigenvalue weighted by molar-refractivity contribution is 0.0587. The number of amides is 1. The van der Waals surface area contributed by atoms with Crippen LogP contribution >= 0.6 is 0 Å². The minimum Gasteiger partial charge on any atom is -0.496 e. The number of hydrogen-bond acceptors (Lipinski definition) is 7. The number of benzene rings is 2. The van der Waals surface area contributed by atoms with Gasteiger partial charge in [-0.25, -0.2) is 9.59 Å². The van der Waals surface area contributed by atoms with Gasteiger partial charge >= 0.3 is 11.9 Å². The Kier molecular flexibility index (Phi) is 6.37. The van der Waals surface area contributed by atoms with Gasteiger partial charge in [-0.2, -0.15) is 0 Å². The zero-order valence-electron chi connectivity index (χ0n) is 15.3. The fraction of sp³-hybridized carbons (Fsp3) is 0.211. The largest absolute Gasteiger partial charge is 0.496 e. The molecule has 0 aliphatic rings. The van der Waals surface area contributed by atoms with E-state index in [1.165, 1.54) is 46.6 Å². The van der Waals surface area contributed by atoms with Crippen LogP contribution in [0.1, 0.15) is 31.1 Å².